The Morgan fingerprint density at radius 2 is 1.86 bits per heavy atom. The quantitative estimate of drug-likeness (QED) is 0.844. The Labute approximate surface area is 139 Å². The molecule has 22 heavy (non-hydrogen) atoms. The van der Waals surface area contributed by atoms with Crippen LogP contribution in [0.2, 0.25) is 0 Å². The molecule has 0 radical (unpaired) electrons. The van der Waals surface area contributed by atoms with Gasteiger partial charge in [0.2, 0.25) is 5.91 Å². The number of rotatable bonds is 6. The van der Waals surface area contributed by atoms with Crippen molar-refractivity contribution < 1.29 is 9.53 Å². The summed E-state index contributed by atoms with van der Waals surface area (Å²) in [5.41, 5.74) is 7.04. The number of carbonyl (C=O) groups is 1. The van der Waals surface area contributed by atoms with E-state index in [-0.39, 0.29) is 23.7 Å². The molecule has 1 saturated carbocycles. The van der Waals surface area contributed by atoms with Crippen LogP contribution in [0.15, 0.2) is 24.3 Å². The second kappa shape index (κ2) is 9.01. The predicted octanol–water partition coefficient (Wildman–Crippen LogP) is 3.03. The summed E-state index contributed by atoms with van der Waals surface area (Å²) >= 11 is 0. The lowest BCUT2D eigenvalue weighted by Gasteiger charge is -2.35. The minimum atomic E-state index is 0. The zero-order valence-corrected chi connectivity index (χ0v) is 14.1. The number of hydrogen-bond donors (Lipinski definition) is 2. The molecule has 1 aliphatic rings. The highest BCUT2D eigenvalue weighted by Gasteiger charge is 2.32. The van der Waals surface area contributed by atoms with Crippen molar-refractivity contribution in [2.45, 2.75) is 45.1 Å². The molecule has 0 saturated heterocycles. The fourth-order valence-corrected chi connectivity index (χ4v) is 3.10. The average molecular weight is 327 g/mol. The first-order valence-corrected chi connectivity index (χ1v) is 7.77. The summed E-state index contributed by atoms with van der Waals surface area (Å²) in [7, 11) is 1.65. The highest BCUT2D eigenvalue weighted by molar-refractivity contribution is 5.85. The molecular weight excluding hydrogens is 300 g/mol. The standard InChI is InChI=1S/C17H26N2O2.ClH/c1-21-15-7-5-14(6-8-15)12-19-16(20)11-17(13-18)9-3-2-4-10-17;/h5-8H,2-4,9-13,18H2,1H3,(H,19,20);1H. The third-order valence-electron chi connectivity index (χ3n) is 4.53. The number of methoxy groups -OCH3 is 1. The second-order valence-electron chi connectivity index (χ2n) is 6.07. The molecule has 1 fully saturated rings. The number of carbonyl (C=O) groups excluding carboxylic acids is 1. The van der Waals surface area contributed by atoms with Gasteiger partial charge in [0, 0.05) is 13.0 Å². The largest absolute Gasteiger partial charge is 0.497 e. The molecule has 1 aliphatic carbocycles. The van der Waals surface area contributed by atoms with Gasteiger partial charge in [-0.2, -0.15) is 0 Å². The first kappa shape index (κ1) is 18.8. The zero-order valence-electron chi connectivity index (χ0n) is 13.3. The van der Waals surface area contributed by atoms with E-state index in [1.807, 2.05) is 24.3 Å². The van der Waals surface area contributed by atoms with Crippen LogP contribution in [0.5, 0.6) is 5.75 Å². The van der Waals surface area contributed by atoms with Gasteiger partial charge >= 0.3 is 0 Å². The average Bonchev–Trinajstić information content (AvgIpc) is 2.54. The van der Waals surface area contributed by atoms with Crippen LogP contribution < -0.4 is 15.8 Å². The summed E-state index contributed by atoms with van der Waals surface area (Å²) in [5, 5.41) is 3.01. The molecule has 2 rings (SSSR count). The van der Waals surface area contributed by atoms with Crippen LogP contribution in [0.25, 0.3) is 0 Å². The highest BCUT2D eigenvalue weighted by Crippen LogP contribution is 2.38. The first-order valence-electron chi connectivity index (χ1n) is 7.77. The third kappa shape index (κ3) is 5.18. The van der Waals surface area contributed by atoms with Crippen LogP contribution in [0, 0.1) is 5.41 Å². The lowest BCUT2D eigenvalue weighted by Crippen LogP contribution is -2.38. The second-order valence-corrected chi connectivity index (χ2v) is 6.07. The maximum Gasteiger partial charge on any atom is 0.220 e. The molecule has 1 aromatic carbocycles. The summed E-state index contributed by atoms with van der Waals surface area (Å²) in [6, 6.07) is 7.75. The zero-order chi connectivity index (χ0) is 15.1. The summed E-state index contributed by atoms with van der Waals surface area (Å²) in [6.45, 7) is 1.17. The summed E-state index contributed by atoms with van der Waals surface area (Å²) in [5.74, 6) is 0.938. The molecule has 1 amide bonds. The predicted molar refractivity (Wildman–Crippen MR) is 91.3 cm³/mol. The Morgan fingerprint density at radius 1 is 1.23 bits per heavy atom. The molecular formula is C17H27ClN2O2. The molecule has 0 heterocycles. The van der Waals surface area contributed by atoms with Gasteiger partial charge in [-0.05, 0) is 42.5 Å². The van der Waals surface area contributed by atoms with Gasteiger partial charge in [-0.3, -0.25) is 4.79 Å². The van der Waals surface area contributed by atoms with Crippen molar-refractivity contribution in [3.8, 4) is 5.75 Å². The number of nitrogens with two attached hydrogens (primary N) is 1. The van der Waals surface area contributed by atoms with E-state index >= 15 is 0 Å². The SMILES string of the molecule is COc1ccc(CNC(=O)CC2(CN)CCCCC2)cc1.Cl. The fourth-order valence-electron chi connectivity index (χ4n) is 3.10. The van der Waals surface area contributed by atoms with Gasteiger partial charge in [-0.25, -0.2) is 0 Å². The number of benzene rings is 1. The van der Waals surface area contributed by atoms with Gasteiger partial charge in [0.1, 0.15) is 5.75 Å². The van der Waals surface area contributed by atoms with Crippen molar-refractivity contribution in [3.63, 3.8) is 0 Å². The van der Waals surface area contributed by atoms with Gasteiger partial charge in [-0.15, -0.1) is 12.4 Å². The van der Waals surface area contributed by atoms with E-state index in [1.165, 1.54) is 19.3 Å². The molecule has 0 aromatic heterocycles. The normalized spacial score (nSPS) is 16.5. The van der Waals surface area contributed by atoms with E-state index in [1.54, 1.807) is 7.11 Å². The minimum absolute atomic E-state index is 0. The van der Waals surface area contributed by atoms with Crippen LogP contribution in [0.3, 0.4) is 0 Å². The molecule has 0 spiro atoms. The minimum Gasteiger partial charge on any atom is -0.497 e. The van der Waals surface area contributed by atoms with Crippen molar-refractivity contribution in [1.29, 1.82) is 0 Å². The first-order chi connectivity index (χ1) is 10.2. The number of amides is 1. The number of nitrogens with one attached hydrogen (secondary N) is 1. The van der Waals surface area contributed by atoms with Crippen LogP contribution in [-0.2, 0) is 11.3 Å². The van der Waals surface area contributed by atoms with E-state index in [2.05, 4.69) is 5.32 Å². The van der Waals surface area contributed by atoms with Gasteiger partial charge in [-0.1, -0.05) is 31.4 Å². The van der Waals surface area contributed by atoms with Crippen LogP contribution in [0.4, 0.5) is 0 Å². The van der Waals surface area contributed by atoms with Crippen molar-refractivity contribution in [2.75, 3.05) is 13.7 Å². The van der Waals surface area contributed by atoms with E-state index in [0.717, 1.165) is 24.2 Å². The number of hydrogen-bond acceptors (Lipinski definition) is 3. The molecule has 0 aliphatic heterocycles. The smallest absolute Gasteiger partial charge is 0.220 e. The third-order valence-corrected chi connectivity index (χ3v) is 4.53. The Kier molecular flexibility index (Phi) is 7.69. The summed E-state index contributed by atoms with van der Waals surface area (Å²) in [4.78, 5) is 12.2. The monoisotopic (exact) mass is 326 g/mol. The van der Waals surface area contributed by atoms with Gasteiger partial charge < -0.3 is 15.8 Å². The Balaban J connectivity index is 0.00000242. The van der Waals surface area contributed by atoms with Gasteiger partial charge in [0.25, 0.3) is 0 Å². The molecule has 4 nitrogen and oxygen atoms in total. The van der Waals surface area contributed by atoms with Crippen molar-refractivity contribution in [2.24, 2.45) is 11.1 Å². The molecule has 5 heteroatoms. The van der Waals surface area contributed by atoms with Crippen LogP contribution in [0.1, 0.15) is 44.1 Å². The molecule has 0 unspecified atom stereocenters. The fraction of sp³-hybridized carbons (Fsp3) is 0.588. The number of ether oxygens (including phenoxy) is 1. The maximum absolute atomic E-state index is 12.2. The van der Waals surface area contributed by atoms with E-state index in [0.29, 0.717) is 19.5 Å². The van der Waals surface area contributed by atoms with Gasteiger partial charge in [0.05, 0.1) is 7.11 Å². The van der Waals surface area contributed by atoms with E-state index < -0.39 is 0 Å². The maximum atomic E-state index is 12.2. The van der Waals surface area contributed by atoms with Crippen LogP contribution >= 0.6 is 12.4 Å². The van der Waals surface area contributed by atoms with Crippen molar-refractivity contribution >= 4 is 18.3 Å². The van der Waals surface area contributed by atoms with E-state index in [9.17, 15) is 4.79 Å². The molecule has 0 atom stereocenters. The molecule has 3 N–H and O–H groups in total. The lowest BCUT2D eigenvalue weighted by molar-refractivity contribution is -0.124. The Bertz CT molecular complexity index is 456. The Hall–Kier alpha value is -1.26. The van der Waals surface area contributed by atoms with E-state index in [4.69, 9.17) is 10.5 Å². The summed E-state index contributed by atoms with van der Waals surface area (Å²) < 4.78 is 5.12. The highest BCUT2D eigenvalue weighted by atomic mass is 35.5. The molecule has 0 bridgehead atoms. The van der Waals surface area contributed by atoms with Crippen molar-refractivity contribution in [3.05, 3.63) is 29.8 Å². The topological polar surface area (TPSA) is 64.3 Å². The summed E-state index contributed by atoms with van der Waals surface area (Å²) in [6.07, 6.45) is 6.39. The van der Waals surface area contributed by atoms with Gasteiger partial charge in [0.15, 0.2) is 0 Å². The Morgan fingerprint density at radius 3 is 2.41 bits per heavy atom. The number of halogens is 1. The van der Waals surface area contributed by atoms with Crippen molar-refractivity contribution in [1.82, 2.24) is 5.32 Å². The molecule has 1 aromatic rings. The molecule has 124 valence electrons. The van der Waals surface area contributed by atoms with Crippen LogP contribution in [-0.4, -0.2) is 19.6 Å². The lowest BCUT2D eigenvalue weighted by atomic mass is 9.71.